The Labute approximate surface area is 121 Å². The van der Waals surface area contributed by atoms with Gasteiger partial charge in [-0.3, -0.25) is 0 Å². The lowest BCUT2D eigenvalue weighted by molar-refractivity contribution is 0.183. The highest BCUT2D eigenvalue weighted by Crippen LogP contribution is 2.29. The molecule has 1 N–H and O–H groups in total. The molecule has 0 radical (unpaired) electrons. The molecular weight excluding hydrogens is 260 g/mol. The minimum atomic E-state index is -0.565. The summed E-state index contributed by atoms with van der Waals surface area (Å²) >= 11 is 5.95. The number of aliphatic hydroxyl groups is 1. The Morgan fingerprint density at radius 3 is 2.63 bits per heavy atom. The summed E-state index contributed by atoms with van der Waals surface area (Å²) in [7, 11) is 0. The first-order valence-corrected chi connectivity index (χ1v) is 7.56. The minimum Gasteiger partial charge on any atom is -0.493 e. The largest absolute Gasteiger partial charge is 0.493 e. The molecule has 3 heteroatoms. The van der Waals surface area contributed by atoms with E-state index in [0.717, 1.165) is 17.7 Å². The van der Waals surface area contributed by atoms with Gasteiger partial charge in [0.15, 0.2) is 0 Å². The Balaban J connectivity index is 2.65. The molecule has 0 aliphatic heterocycles. The molecule has 0 fully saturated rings. The number of hydrogen-bond acceptors (Lipinski definition) is 2. The van der Waals surface area contributed by atoms with Gasteiger partial charge in [0.05, 0.1) is 12.7 Å². The van der Waals surface area contributed by atoms with Gasteiger partial charge in [-0.25, -0.2) is 0 Å². The molecule has 108 valence electrons. The molecule has 0 saturated heterocycles. The summed E-state index contributed by atoms with van der Waals surface area (Å²) in [6, 6.07) is 5.42. The topological polar surface area (TPSA) is 29.5 Å². The van der Waals surface area contributed by atoms with Gasteiger partial charge in [0.25, 0.3) is 0 Å². The summed E-state index contributed by atoms with van der Waals surface area (Å²) in [5.74, 6) is 1.33. The maximum atomic E-state index is 9.75. The van der Waals surface area contributed by atoms with Gasteiger partial charge in [0.1, 0.15) is 5.75 Å². The average Bonchev–Trinajstić information content (AvgIpc) is 2.40. The van der Waals surface area contributed by atoms with Gasteiger partial charge < -0.3 is 9.84 Å². The molecule has 0 saturated carbocycles. The molecule has 1 unspecified atom stereocenters. The fourth-order valence-corrected chi connectivity index (χ4v) is 2.26. The second-order valence-electron chi connectivity index (χ2n) is 5.09. The highest BCUT2D eigenvalue weighted by atomic mass is 35.5. The first-order chi connectivity index (χ1) is 9.08. The maximum absolute atomic E-state index is 9.75. The van der Waals surface area contributed by atoms with Crippen molar-refractivity contribution in [2.45, 2.75) is 52.6 Å². The summed E-state index contributed by atoms with van der Waals surface area (Å²) < 4.78 is 5.88. The van der Waals surface area contributed by atoms with Gasteiger partial charge in [0, 0.05) is 10.6 Å². The minimum absolute atomic E-state index is 0.565. The van der Waals surface area contributed by atoms with E-state index < -0.39 is 6.10 Å². The van der Waals surface area contributed by atoms with Crippen molar-refractivity contribution in [2.24, 2.45) is 5.92 Å². The molecule has 1 rings (SSSR count). The molecule has 0 bridgehead atoms. The van der Waals surface area contributed by atoms with Crippen LogP contribution in [0.25, 0.3) is 0 Å². The summed E-state index contributed by atoms with van der Waals surface area (Å²) in [5.41, 5.74) is 0.762. The van der Waals surface area contributed by atoms with E-state index in [2.05, 4.69) is 13.8 Å². The predicted octanol–water partition coefficient (Wildman–Crippen LogP) is 4.99. The molecule has 2 atom stereocenters. The second kappa shape index (κ2) is 8.44. The Kier molecular flexibility index (Phi) is 7.25. The van der Waals surface area contributed by atoms with E-state index in [9.17, 15) is 5.11 Å². The quantitative estimate of drug-likeness (QED) is 0.729. The molecule has 0 amide bonds. The van der Waals surface area contributed by atoms with Crippen LogP contribution in [0.4, 0.5) is 0 Å². The first-order valence-electron chi connectivity index (χ1n) is 7.18. The third-order valence-electron chi connectivity index (χ3n) is 3.44. The molecule has 0 aromatic heterocycles. The van der Waals surface area contributed by atoms with Crippen LogP contribution in [0.5, 0.6) is 5.75 Å². The van der Waals surface area contributed by atoms with E-state index in [4.69, 9.17) is 16.3 Å². The predicted molar refractivity (Wildman–Crippen MR) is 80.9 cm³/mol. The zero-order valence-electron chi connectivity index (χ0n) is 12.2. The average molecular weight is 285 g/mol. The molecule has 2 nitrogen and oxygen atoms in total. The van der Waals surface area contributed by atoms with Crippen LogP contribution in [0.15, 0.2) is 18.2 Å². The molecule has 1 aromatic carbocycles. The lowest BCUT2D eigenvalue weighted by Crippen LogP contribution is -2.12. The smallest absolute Gasteiger partial charge is 0.125 e. The van der Waals surface area contributed by atoms with Crippen LogP contribution in [0, 0.1) is 5.92 Å². The van der Waals surface area contributed by atoms with Crippen molar-refractivity contribution in [3.63, 3.8) is 0 Å². The van der Waals surface area contributed by atoms with Gasteiger partial charge in [-0.15, -0.1) is 0 Å². The van der Waals surface area contributed by atoms with Gasteiger partial charge in [0.2, 0.25) is 0 Å². The number of benzene rings is 1. The van der Waals surface area contributed by atoms with Gasteiger partial charge >= 0.3 is 0 Å². The fraction of sp³-hybridized carbons (Fsp3) is 0.625. The normalized spacial score (nSPS) is 14.2. The monoisotopic (exact) mass is 284 g/mol. The van der Waals surface area contributed by atoms with Gasteiger partial charge in [-0.05, 0) is 37.5 Å². The van der Waals surface area contributed by atoms with Crippen molar-refractivity contribution in [1.29, 1.82) is 0 Å². The van der Waals surface area contributed by atoms with Crippen molar-refractivity contribution < 1.29 is 9.84 Å². The van der Waals surface area contributed by atoms with Crippen LogP contribution in [0.3, 0.4) is 0 Å². The van der Waals surface area contributed by atoms with E-state index >= 15 is 0 Å². The summed E-state index contributed by atoms with van der Waals surface area (Å²) in [5, 5.41) is 10.4. The molecule has 0 aliphatic carbocycles. The highest BCUT2D eigenvalue weighted by molar-refractivity contribution is 6.30. The number of rotatable bonds is 8. The van der Waals surface area contributed by atoms with Crippen molar-refractivity contribution in [3.8, 4) is 5.75 Å². The Morgan fingerprint density at radius 2 is 2.05 bits per heavy atom. The Hall–Kier alpha value is -0.730. The Bertz CT molecular complexity index is 377. The lowest BCUT2D eigenvalue weighted by Gasteiger charge is -2.18. The van der Waals surface area contributed by atoms with Gasteiger partial charge in [-0.1, -0.05) is 44.7 Å². The number of aliphatic hydroxyl groups excluding tert-OH is 1. The van der Waals surface area contributed by atoms with Crippen LogP contribution in [0.2, 0.25) is 5.02 Å². The third kappa shape index (κ3) is 5.42. The third-order valence-corrected chi connectivity index (χ3v) is 3.67. The summed E-state index contributed by atoms with van der Waals surface area (Å²) in [4.78, 5) is 0. The van der Waals surface area contributed by atoms with Crippen LogP contribution in [-0.2, 0) is 0 Å². The highest BCUT2D eigenvalue weighted by Gasteiger charge is 2.12. The van der Waals surface area contributed by atoms with E-state index in [1.54, 1.807) is 19.1 Å². The maximum Gasteiger partial charge on any atom is 0.125 e. The van der Waals surface area contributed by atoms with Gasteiger partial charge in [-0.2, -0.15) is 0 Å². The molecule has 19 heavy (non-hydrogen) atoms. The fourth-order valence-electron chi connectivity index (χ4n) is 2.08. The van der Waals surface area contributed by atoms with Crippen molar-refractivity contribution >= 4 is 11.6 Å². The van der Waals surface area contributed by atoms with Crippen LogP contribution in [0.1, 0.15) is 58.1 Å². The second-order valence-corrected chi connectivity index (χ2v) is 5.52. The number of ether oxygens (including phenoxy) is 1. The molecule has 0 spiro atoms. The van der Waals surface area contributed by atoms with Crippen LogP contribution < -0.4 is 4.74 Å². The molecule has 0 heterocycles. The SMILES string of the molecule is CCCCC(CC)COc1ccc(Cl)cc1[C@@H](C)O. The lowest BCUT2D eigenvalue weighted by atomic mass is 10.0. The Morgan fingerprint density at radius 1 is 1.32 bits per heavy atom. The number of hydrogen-bond donors (Lipinski definition) is 1. The van der Waals surface area contributed by atoms with Crippen molar-refractivity contribution in [1.82, 2.24) is 0 Å². The van der Waals surface area contributed by atoms with E-state index in [1.165, 1.54) is 19.3 Å². The van der Waals surface area contributed by atoms with E-state index in [1.807, 2.05) is 6.07 Å². The van der Waals surface area contributed by atoms with Crippen LogP contribution >= 0.6 is 11.6 Å². The van der Waals surface area contributed by atoms with Crippen molar-refractivity contribution in [3.05, 3.63) is 28.8 Å². The van der Waals surface area contributed by atoms with E-state index in [-0.39, 0.29) is 0 Å². The van der Waals surface area contributed by atoms with Crippen LogP contribution in [-0.4, -0.2) is 11.7 Å². The summed E-state index contributed by atoms with van der Waals surface area (Å²) in [6.45, 7) is 6.84. The van der Waals surface area contributed by atoms with Crippen molar-refractivity contribution in [2.75, 3.05) is 6.61 Å². The number of halogens is 1. The standard InChI is InChI=1S/C16H25ClO2/c1-4-6-7-13(5-2)11-19-16-9-8-14(17)10-15(16)12(3)18/h8-10,12-13,18H,4-7,11H2,1-3H3/t12-,13?/m1/s1. The first kappa shape index (κ1) is 16.3. The van der Waals surface area contributed by atoms with E-state index in [0.29, 0.717) is 17.5 Å². The number of unbranched alkanes of at least 4 members (excludes halogenated alkanes) is 1. The molecule has 1 aromatic rings. The molecule has 0 aliphatic rings. The molecular formula is C16H25ClO2. The zero-order chi connectivity index (χ0) is 14.3. The summed E-state index contributed by atoms with van der Waals surface area (Å²) in [6.07, 6.45) is 4.22. The zero-order valence-corrected chi connectivity index (χ0v) is 12.9.